The van der Waals surface area contributed by atoms with Crippen LogP contribution in [0.4, 0.5) is 5.69 Å². The lowest BCUT2D eigenvalue weighted by Gasteiger charge is -2.21. The molecule has 0 saturated heterocycles. The van der Waals surface area contributed by atoms with E-state index in [1.807, 2.05) is 48.3 Å². The fourth-order valence-corrected chi connectivity index (χ4v) is 2.87. The van der Waals surface area contributed by atoms with Gasteiger partial charge in [-0.25, -0.2) is 0 Å². The maximum Gasteiger partial charge on any atom is 0.256 e. The summed E-state index contributed by atoms with van der Waals surface area (Å²) in [6, 6.07) is 7.65. The summed E-state index contributed by atoms with van der Waals surface area (Å²) in [5.74, 6) is -0.291. The molecule has 0 radical (unpaired) electrons. The van der Waals surface area contributed by atoms with Crippen LogP contribution < -0.4 is 5.32 Å². The van der Waals surface area contributed by atoms with Gasteiger partial charge >= 0.3 is 0 Å². The minimum Gasteiger partial charge on any atom is -0.380 e. The van der Waals surface area contributed by atoms with E-state index >= 15 is 0 Å². The first-order chi connectivity index (χ1) is 10.5. The van der Waals surface area contributed by atoms with E-state index in [1.165, 1.54) is 0 Å². The molecule has 116 valence electrons. The molecule has 2 aromatic rings. The maximum absolute atomic E-state index is 12.1. The van der Waals surface area contributed by atoms with Crippen LogP contribution in [0.5, 0.6) is 0 Å². The maximum atomic E-state index is 12.1. The third-order valence-electron chi connectivity index (χ3n) is 4.17. The van der Waals surface area contributed by atoms with Gasteiger partial charge in [0, 0.05) is 11.9 Å². The molecule has 1 aromatic heterocycles. The summed E-state index contributed by atoms with van der Waals surface area (Å²) in [6.07, 6.45) is 6.74. The standard InChI is InChI=1S/C17H21N3O2/c1-13-10-18-20(11-13)12-14-4-6-15(7-5-14)19-16(21)17(22)8-2-3-9-17/h4-7,10-11,22H,2-3,8-9,12H2,1H3,(H,19,21). The van der Waals surface area contributed by atoms with Gasteiger partial charge in [0.1, 0.15) is 5.60 Å². The van der Waals surface area contributed by atoms with Crippen molar-refractivity contribution in [3.05, 3.63) is 47.8 Å². The minimum absolute atomic E-state index is 0.291. The van der Waals surface area contributed by atoms with Crippen molar-refractivity contribution in [1.29, 1.82) is 0 Å². The van der Waals surface area contributed by atoms with Gasteiger partial charge in [-0.2, -0.15) is 5.10 Å². The van der Waals surface area contributed by atoms with Gasteiger partial charge in [0.2, 0.25) is 0 Å². The third-order valence-corrected chi connectivity index (χ3v) is 4.17. The molecular formula is C17H21N3O2. The molecule has 22 heavy (non-hydrogen) atoms. The minimum atomic E-state index is -1.19. The van der Waals surface area contributed by atoms with Crippen LogP contribution in [0, 0.1) is 6.92 Å². The first-order valence-corrected chi connectivity index (χ1v) is 7.67. The normalized spacial score (nSPS) is 16.6. The van der Waals surface area contributed by atoms with E-state index in [0.29, 0.717) is 25.1 Å². The van der Waals surface area contributed by atoms with Gasteiger partial charge in [-0.15, -0.1) is 0 Å². The van der Waals surface area contributed by atoms with Gasteiger partial charge in [0.05, 0.1) is 12.7 Å². The van der Waals surface area contributed by atoms with Crippen LogP contribution in [-0.4, -0.2) is 26.4 Å². The van der Waals surface area contributed by atoms with E-state index < -0.39 is 5.60 Å². The van der Waals surface area contributed by atoms with Crippen molar-refractivity contribution >= 4 is 11.6 Å². The Morgan fingerprint density at radius 3 is 2.59 bits per heavy atom. The van der Waals surface area contributed by atoms with Crippen molar-refractivity contribution in [2.75, 3.05) is 5.32 Å². The SMILES string of the molecule is Cc1cnn(Cc2ccc(NC(=O)C3(O)CCCC3)cc2)c1. The van der Waals surface area contributed by atoms with Gasteiger partial charge < -0.3 is 10.4 Å². The predicted octanol–water partition coefficient (Wildman–Crippen LogP) is 2.48. The number of benzene rings is 1. The summed E-state index contributed by atoms with van der Waals surface area (Å²) in [6.45, 7) is 2.71. The number of rotatable bonds is 4. The highest BCUT2D eigenvalue weighted by atomic mass is 16.3. The number of carbonyl (C=O) groups excluding carboxylic acids is 1. The molecular weight excluding hydrogens is 278 g/mol. The third kappa shape index (κ3) is 3.20. The average molecular weight is 299 g/mol. The van der Waals surface area contributed by atoms with E-state index in [9.17, 15) is 9.90 Å². The summed E-state index contributed by atoms with van der Waals surface area (Å²) in [5, 5.41) is 17.3. The Labute approximate surface area is 130 Å². The first kappa shape index (κ1) is 14.8. The summed E-state index contributed by atoms with van der Waals surface area (Å²) in [4.78, 5) is 12.1. The van der Waals surface area contributed by atoms with Gasteiger partial charge in [-0.1, -0.05) is 12.1 Å². The highest BCUT2D eigenvalue weighted by Gasteiger charge is 2.38. The lowest BCUT2D eigenvalue weighted by atomic mass is 10.0. The number of anilines is 1. The molecule has 1 heterocycles. The Balaban J connectivity index is 1.63. The van der Waals surface area contributed by atoms with Crippen LogP contribution in [0.25, 0.3) is 0 Å². The van der Waals surface area contributed by atoms with Crippen molar-refractivity contribution in [3.8, 4) is 0 Å². The van der Waals surface area contributed by atoms with E-state index in [-0.39, 0.29) is 5.91 Å². The van der Waals surface area contributed by atoms with E-state index in [0.717, 1.165) is 24.0 Å². The molecule has 5 heteroatoms. The number of aliphatic hydroxyl groups is 1. The highest BCUT2D eigenvalue weighted by molar-refractivity contribution is 5.97. The number of aromatic nitrogens is 2. The smallest absolute Gasteiger partial charge is 0.256 e. The number of carbonyl (C=O) groups is 1. The van der Waals surface area contributed by atoms with Crippen molar-refractivity contribution in [2.24, 2.45) is 0 Å². The molecule has 1 aliphatic rings. The molecule has 0 atom stereocenters. The molecule has 0 spiro atoms. The second-order valence-corrected chi connectivity index (χ2v) is 6.11. The van der Waals surface area contributed by atoms with Gasteiger partial charge in [0.15, 0.2) is 0 Å². The second-order valence-electron chi connectivity index (χ2n) is 6.11. The molecule has 2 N–H and O–H groups in total. The zero-order valence-electron chi connectivity index (χ0n) is 12.7. The Morgan fingerprint density at radius 1 is 1.32 bits per heavy atom. The van der Waals surface area contributed by atoms with Gasteiger partial charge in [-0.3, -0.25) is 9.48 Å². The van der Waals surface area contributed by atoms with Crippen molar-refractivity contribution in [1.82, 2.24) is 9.78 Å². The van der Waals surface area contributed by atoms with Gasteiger partial charge in [0.25, 0.3) is 5.91 Å². The largest absolute Gasteiger partial charge is 0.380 e. The number of amides is 1. The number of nitrogens with zero attached hydrogens (tertiary/aromatic N) is 2. The summed E-state index contributed by atoms with van der Waals surface area (Å²) in [5.41, 5.74) is 1.77. The first-order valence-electron chi connectivity index (χ1n) is 7.67. The molecule has 5 nitrogen and oxygen atoms in total. The Kier molecular flexibility index (Phi) is 3.98. The molecule has 1 aromatic carbocycles. The zero-order valence-corrected chi connectivity index (χ0v) is 12.7. The van der Waals surface area contributed by atoms with Crippen molar-refractivity contribution in [2.45, 2.75) is 44.8 Å². The van der Waals surface area contributed by atoms with Crippen LogP contribution >= 0.6 is 0 Å². The lowest BCUT2D eigenvalue weighted by Crippen LogP contribution is -2.40. The van der Waals surface area contributed by atoms with E-state index in [4.69, 9.17) is 0 Å². The molecule has 1 fully saturated rings. The lowest BCUT2D eigenvalue weighted by molar-refractivity contribution is -0.133. The van der Waals surface area contributed by atoms with Crippen molar-refractivity contribution < 1.29 is 9.90 Å². The monoisotopic (exact) mass is 299 g/mol. The van der Waals surface area contributed by atoms with Crippen LogP contribution in [0.15, 0.2) is 36.7 Å². The Bertz CT molecular complexity index is 655. The Morgan fingerprint density at radius 2 is 2.00 bits per heavy atom. The van der Waals surface area contributed by atoms with Crippen LogP contribution in [-0.2, 0) is 11.3 Å². The number of aryl methyl sites for hydroxylation is 1. The average Bonchev–Trinajstić information content (AvgIpc) is 3.11. The highest BCUT2D eigenvalue weighted by Crippen LogP contribution is 2.30. The molecule has 1 aliphatic carbocycles. The molecule has 3 rings (SSSR count). The summed E-state index contributed by atoms with van der Waals surface area (Å²) in [7, 11) is 0. The second kappa shape index (κ2) is 5.93. The quantitative estimate of drug-likeness (QED) is 0.911. The number of nitrogens with one attached hydrogen (secondary N) is 1. The fraction of sp³-hybridized carbons (Fsp3) is 0.412. The van der Waals surface area contributed by atoms with Crippen LogP contribution in [0.1, 0.15) is 36.8 Å². The summed E-state index contributed by atoms with van der Waals surface area (Å²) < 4.78 is 1.88. The molecule has 0 aliphatic heterocycles. The predicted molar refractivity (Wildman–Crippen MR) is 84.6 cm³/mol. The fourth-order valence-electron chi connectivity index (χ4n) is 2.87. The van der Waals surface area contributed by atoms with Crippen molar-refractivity contribution in [3.63, 3.8) is 0 Å². The zero-order chi connectivity index (χ0) is 15.6. The number of hydrogen-bond acceptors (Lipinski definition) is 3. The molecule has 1 amide bonds. The van der Waals surface area contributed by atoms with E-state index in [2.05, 4.69) is 10.4 Å². The van der Waals surface area contributed by atoms with E-state index in [1.54, 1.807) is 0 Å². The molecule has 0 unspecified atom stereocenters. The van der Waals surface area contributed by atoms with Gasteiger partial charge in [-0.05, 0) is 55.9 Å². The molecule has 0 bridgehead atoms. The van der Waals surface area contributed by atoms with Crippen LogP contribution in [0.2, 0.25) is 0 Å². The van der Waals surface area contributed by atoms with Crippen LogP contribution in [0.3, 0.4) is 0 Å². The summed E-state index contributed by atoms with van der Waals surface area (Å²) >= 11 is 0. The number of hydrogen-bond donors (Lipinski definition) is 2. The Hall–Kier alpha value is -2.14. The molecule has 1 saturated carbocycles. The topological polar surface area (TPSA) is 67.2 Å².